The molecule has 0 atom stereocenters. The molecule has 6 heteroatoms. The van der Waals surface area contributed by atoms with Gasteiger partial charge in [-0.25, -0.2) is 0 Å². The number of carbonyl (C=O) groups excluding carboxylic acids is 1. The third-order valence-electron chi connectivity index (χ3n) is 4.49. The summed E-state index contributed by atoms with van der Waals surface area (Å²) in [5.41, 5.74) is 0.765. The van der Waals surface area contributed by atoms with Gasteiger partial charge < -0.3 is 14.4 Å². The monoisotopic (exact) mass is 466 g/mol. The van der Waals surface area contributed by atoms with Crippen LogP contribution >= 0.6 is 22.6 Å². The summed E-state index contributed by atoms with van der Waals surface area (Å²) in [6, 6.07) is 15.4. The van der Waals surface area contributed by atoms with Crippen molar-refractivity contribution < 1.29 is 14.3 Å². The molecule has 0 aliphatic carbocycles. The van der Waals surface area contributed by atoms with Gasteiger partial charge in [0.15, 0.2) is 0 Å². The third kappa shape index (κ3) is 5.11. The van der Waals surface area contributed by atoms with Crippen molar-refractivity contribution in [2.45, 2.75) is 0 Å². The summed E-state index contributed by atoms with van der Waals surface area (Å²) in [6.45, 7) is 4.76. The van der Waals surface area contributed by atoms with Crippen LogP contribution in [-0.4, -0.2) is 62.1 Å². The van der Waals surface area contributed by atoms with Gasteiger partial charge in [0.1, 0.15) is 18.1 Å². The molecule has 0 spiro atoms. The molecule has 0 saturated carbocycles. The Hall–Kier alpha value is -1.80. The maximum Gasteiger partial charge on any atom is 0.253 e. The summed E-state index contributed by atoms with van der Waals surface area (Å²) in [7, 11) is 1.65. The number of methoxy groups -OCH3 is 1. The van der Waals surface area contributed by atoms with E-state index in [1.165, 1.54) is 0 Å². The Balaban J connectivity index is 1.40. The van der Waals surface area contributed by atoms with Crippen LogP contribution in [0.15, 0.2) is 48.5 Å². The van der Waals surface area contributed by atoms with Crippen LogP contribution in [0.1, 0.15) is 10.4 Å². The standard InChI is InChI=1S/C20H23IN2O3/c1-25-18-6-8-19(9-7-18)26-15-14-22-10-12-23(13-11-22)20(24)16-2-4-17(21)5-3-16/h2-9H,10-15H2,1H3. The van der Waals surface area contributed by atoms with Gasteiger partial charge in [0.25, 0.3) is 5.91 Å². The molecule has 0 aromatic heterocycles. The van der Waals surface area contributed by atoms with E-state index in [4.69, 9.17) is 9.47 Å². The van der Waals surface area contributed by atoms with E-state index < -0.39 is 0 Å². The number of piperazine rings is 1. The van der Waals surface area contributed by atoms with Crippen molar-refractivity contribution in [3.63, 3.8) is 0 Å². The molecule has 138 valence electrons. The minimum atomic E-state index is 0.121. The molecule has 1 heterocycles. The zero-order valence-corrected chi connectivity index (χ0v) is 17.0. The summed E-state index contributed by atoms with van der Waals surface area (Å²) in [5, 5.41) is 0. The summed E-state index contributed by atoms with van der Waals surface area (Å²) in [4.78, 5) is 16.8. The number of halogens is 1. The molecular weight excluding hydrogens is 443 g/mol. The topological polar surface area (TPSA) is 42.0 Å². The minimum Gasteiger partial charge on any atom is -0.497 e. The van der Waals surface area contributed by atoms with Gasteiger partial charge in [-0.1, -0.05) is 0 Å². The predicted octanol–water partition coefficient (Wildman–Crippen LogP) is 3.14. The lowest BCUT2D eigenvalue weighted by Crippen LogP contribution is -2.49. The van der Waals surface area contributed by atoms with Crippen molar-refractivity contribution in [1.29, 1.82) is 0 Å². The number of hydrogen-bond acceptors (Lipinski definition) is 4. The highest BCUT2D eigenvalue weighted by Gasteiger charge is 2.21. The molecule has 5 nitrogen and oxygen atoms in total. The molecule has 26 heavy (non-hydrogen) atoms. The van der Waals surface area contributed by atoms with Crippen LogP contribution in [0.2, 0.25) is 0 Å². The van der Waals surface area contributed by atoms with Crippen molar-refractivity contribution in [2.24, 2.45) is 0 Å². The number of carbonyl (C=O) groups is 1. The highest BCUT2D eigenvalue weighted by atomic mass is 127. The van der Waals surface area contributed by atoms with Crippen molar-refractivity contribution in [1.82, 2.24) is 9.80 Å². The summed E-state index contributed by atoms with van der Waals surface area (Å²) in [5.74, 6) is 1.79. The maximum absolute atomic E-state index is 12.5. The van der Waals surface area contributed by atoms with Crippen LogP contribution in [0, 0.1) is 3.57 Å². The summed E-state index contributed by atoms with van der Waals surface area (Å²) < 4.78 is 12.1. The zero-order chi connectivity index (χ0) is 18.4. The van der Waals surface area contributed by atoms with Crippen LogP contribution < -0.4 is 9.47 Å². The molecule has 1 aliphatic heterocycles. The fraction of sp³-hybridized carbons (Fsp3) is 0.350. The van der Waals surface area contributed by atoms with E-state index in [1.807, 2.05) is 53.4 Å². The molecule has 0 bridgehead atoms. The highest BCUT2D eigenvalue weighted by Crippen LogP contribution is 2.17. The molecule has 0 N–H and O–H groups in total. The van der Waals surface area contributed by atoms with Gasteiger partial charge in [-0.3, -0.25) is 9.69 Å². The van der Waals surface area contributed by atoms with Crippen molar-refractivity contribution in [3.05, 3.63) is 57.7 Å². The quantitative estimate of drug-likeness (QED) is 0.614. The van der Waals surface area contributed by atoms with Gasteiger partial charge in [0.05, 0.1) is 7.11 Å². The van der Waals surface area contributed by atoms with Crippen LogP contribution in [0.25, 0.3) is 0 Å². The van der Waals surface area contributed by atoms with Gasteiger partial charge >= 0.3 is 0 Å². The number of amides is 1. The Labute approximate surface area is 168 Å². The second-order valence-electron chi connectivity index (χ2n) is 6.16. The van der Waals surface area contributed by atoms with E-state index in [-0.39, 0.29) is 5.91 Å². The van der Waals surface area contributed by atoms with Gasteiger partial charge in [-0.2, -0.15) is 0 Å². The lowest BCUT2D eigenvalue weighted by molar-refractivity contribution is 0.0620. The number of rotatable bonds is 6. The number of ether oxygens (including phenoxy) is 2. The minimum absolute atomic E-state index is 0.121. The van der Waals surface area contributed by atoms with E-state index in [0.29, 0.717) is 6.61 Å². The smallest absolute Gasteiger partial charge is 0.253 e. The molecule has 2 aromatic rings. The second kappa shape index (κ2) is 9.23. The molecular formula is C20H23IN2O3. The Morgan fingerprint density at radius 3 is 2.19 bits per heavy atom. The van der Waals surface area contributed by atoms with E-state index in [1.54, 1.807) is 7.11 Å². The Kier molecular flexibility index (Phi) is 6.73. The van der Waals surface area contributed by atoms with Crippen molar-refractivity contribution >= 4 is 28.5 Å². The Morgan fingerprint density at radius 2 is 1.58 bits per heavy atom. The molecule has 0 radical (unpaired) electrons. The SMILES string of the molecule is COc1ccc(OCCN2CCN(C(=O)c3ccc(I)cc3)CC2)cc1. The first kappa shape index (κ1) is 19.0. The molecule has 3 rings (SSSR count). The van der Waals surface area contributed by atoms with E-state index in [9.17, 15) is 4.79 Å². The highest BCUT2D eigenvalue weighted by molar-refractivity contribution is 14.1. The Bertz CT molecular complexity index is 711. The fourth-order valence-corrected chi connectivity index (χ4v) is 3.27. The van der Waals surface area contributed by atoms with Crippen LogP contribution in [-0.2, 0) is 0 Å². The van der Waals surface area contributed by atoms with Crippen LogP contribution in [0.3, 0.4) is 0 Å². The van der Waals surface area contributed by atoms with Gasteiger partial charge in [-0.05, 0) is 71.1 Å². The predicted molar refractivity (Wildman–Crippen MR) is 110 cm³/mol. The average molecular weight is 466 g/mol. The Morgan fingerprint density at radius 1 is 0.962 bits per heavy atom. The van der Waals surface area contributed by atoms with Crippen molar-refractivity contribution in [3.8, 4) is 11.5 Å². The number of benzene rings is 2. The van der Waals surface area contributed by atoms with Crippen molar-refractivity contribution in [2.75, 3.05) is 46.4 Å². The molecule has 1 aliphatic rings. The van der Waals surface area contributed by atoms with E-state index >= 15 is 0 Å². The van der Waals surface area contributed by atoms with Crippen LogP contribution in [0.4, 0.5) is 0 Å². The first-order chi connectivity index (χ1) is 12.7. The van der Waals surface area contributed by atoms with Gasteiger partial charge in [0.2, 0.25) is 0 Å². The van der Waals surface area contributed by atoms with Gasteiger partial charge in [0, 0.05) is 41.9 Å². The molecule has 0 unspecified atom stereocenters. The summed E-state index contributed by atoms with van der Waals surface area (Å²) >= 11 is 2.25. The second-order valence-corrected chi connectivity index (χ2v) is 7.41. The first-order valence-electron chi connectivity index (χ1n) is 8.70. The molecule has 1 amide bonds. The third-order valence-corrected chi connectivity index (χ3v) is 5.21. The van der Waals surface area contributed by atoms with Crippen LogP contribution in [0.5, 0.6) is 11.5 Å². The first-order valence-corrected chi connectivity index (χ1v) is 9.77. The zero-order valence-electron chi connectivity index (χ0n) is 14.9. The normalized spacial score (nSPS) is 14.9. The summed E-state index contributed by atoms with van der Waals surface area (Å²) in [6.07, 6.45) is 0. The van der Waals surface area contributed by atoms with E-state index in [2.05, 4.69) is 27.5 Å². The molecule has 1 fully saturated rings. The number of hydrogen-bond donors (Lipinski definition) is 0. The maximum atomic E-state index is 12.5. The lowest BCUT2D eigenvalue weighted by Gasteiger charge is -2.34. The number of nitrogens with zero attached hydrogens (tertiary/aromatic N) is 2. The molecule has 1 saturated heterocycles. The average Bonchev–Trinajstić information content (AvgIpc) is 2.69. The van der Waals surface area contributed by atoms with E-state index in [0.717, 1.165) is 53.4 Å². The molecule has 2 aromatic carbocycles. The fourth-order valence-electron chi connectivity index (χ4n) is 2.91. The lowest BCUT2D eigenvalue weighted by atomic mass is 10.2. The largest absolute Gasteiger partial charge is 0.497 e. The van der Waals surface area contributed by atoms with Gasteiger partial charge in [-0.15, -0.1) is 0 Å².